The first-order chi connectivity index (χ1) is 9.72. The molecule has 2 rings (SSSR count). The zero-order chi connectivity index (χ0) is 15.8. The second-order valence-electron chi connectivity index (χ2n) is 5.37. The lowest BCUT2D eigenvalue weighted by Crippen LogP contribution is -2.17. The molecule has 0 aliphatic carbocycles. The Morgan fingerprint density at radius 3 is 2.14 bits per heavy atom. The smallest absolute Gasteiger partial charge is 0.264 e. The van der Waals surface area contributed by atoms with E-state index in [1.807, 2.05) is 32.0 Å². The minimum Gasteiger partial charge on any atom is -0.397 e. The van der Waals surface area contributed by atoms with Crippen molar-refractivity contribution >= 4 is 21.4 Å². The molecule has 21 heavy (non-hydrogen) atoms. The summed E-state index contributed by atoms with van der Waals surface area (Å²) in [7, 11) is -3.71. The Morgan fingerprint density at radius 1 is 0.905 bits per heavy atom. The number of anilines is 2. The van der Waals surface area contributed by atoms with Crippen molar-refractivity contribution in [3.63, 3.8) is 0 Å². The van der Waals surface area contributed by atoms with Crippen LogP contribution in [-0.2, 0) is 10.0 Å². The Bertz CT molecular complexity index is 796. The molecule has 112 valence electrons. The molecule has 2 aromatic rings. The van der Waals surface area contributed by atoms with Crippen LogP contribution in [0.5, 0.6) is 0 Å². The van der Waals surface area contributed by atoms with Gasteiger partial charge in [-0.05, 0) is 50.5 Å². The largest absolute Gasteiger partial charge is 0.397 e. The summed E-state index contributed by atoms with van der Waals surface area (Å²) in [5.41, 5.74) is 10.2. The molecule has 0 spiro atoms. The van der Waals surface area contributed by atoms with E-state index in [2.05, 4.69) is 4.72 Å². The van der Waals surface area contributed by atoms with Crippen LogP contribution in [-0.4, -0.2) is 8.42 Å². The van der Waals surface area contributed by atoms with Gasteiger partial charge in [-0.2, -0.15) is 0 Å². The minimum atomic E-state index is -3.71. The van der Waals surface area contributed by atoms with E-state index in [9.17, 15) is 8.42 Å². The average molecular weight is 304 g/mol. The van der Waals surface area contributed by atoms with Gasteiger partial charge in [-0.3, -0.25) is 4.72 Å². The van der Waals surface area contributed by atoms with Crippen molar-refractivity contribution < 1.29 is 8.42 Å². The van der Waals surface area contributed by atoms with Crippen molar-refractivity contribution in [2.24, 2.45) is 0 Å². The zero-order valence-corrected chi connectivity index (χ0v) is 13.5. The highest BCUT2D eigenvalue weighted by molar-refractivity contribution is 7.93. The van der Waals surface area contributed by atoms with Crippen LogP contribution in [0.4, 0.5) is 11.4 Å². The number of rotatable bonds is 3. The van der Waals surface area contributed by atoms with Crippen LogP contribution in [0.25, 0.3) is 0 Å². The Morgan fingerprint density at radius 2 is 1.52 bits per heavy atom. The predicted octanol–water partition coefficient (Wildman–Crippen LogP) is 3.30. The van der Waals surface area contributed by atoms with Gasteiger partial charge in [-0.25, -0.2) is 8.42 Å². The molecule has 0 bridgehead atoms. The highest BCUT2D eigenvalue weighted by Gasteiger charge is 2.21. The second kappa shape index (κ2) is 5.41. The standard InChI is InChI=1S/C16H20N2O2S/c1-10-5-8-14(13(4)9-10)18-21(19,20)16-12(3)7-6-11(2)15(16)17/h5-9,18H,17H2,1-4H3. The number of nitrogens with one attached hydrogen (secondary N) is 1. The third-order valence-electron chi connectivity index (χ3n) is 3.51. The molecule has 0 atom stereocenters. The fourth-order valence-electron chi connectivity index (χ4n) is 2.29. The lowest BCUT2D eigenvalue weighted by molar-refractivity contribution is 0.601. The highest BCUT2D eigenvalue weighted by Crippen LogP contribution is 2.28. The molecule has 0 fully saturated rings. The number of sulfonamides is 1. The maximum Gasteiger partial charge on any atom is 0.264 e. The van der Waals surface area contributed by atoms with Crippen LogP contribution in [0.15, 0.2) is 35.2 Å². The molecule has 4 nitrogen and oxygen atoms in total. The average Bonchev–Trinajstić information content (AvgIpc) is 2.37. The zero-order valence-electron chi connectivity index (χ0n) is 12.7. The summed E-state index contributed by atoms with van der Waals surface area (Å²) in [5, 5.41) is 0. The van der Waals surface area contributed by atoms with Gasteiger partial charge in [0.05, 0.1) is 11.4 Å². The summed E-state index contributed by atoms with van der Waals surface area (Å²) < 4.78 is 27.9. The predicted molar refractivity (Wildman–Crippen MR) is 87.1 cm³/mol. The van der Waals surface area contributed by atoms with Crippen LogP contribution in [0, 0.1) is 27.7 Å². The van der Waals surface area contributed by atoms with Crippen molar-refractivity contribution in [1.82, 2.24) is 0 Å². The molecule has 0 radical (unpaired) electrons. The van der Waals surface area contributed by atoms with Gasteiger partial charge in [0.15, 0.2) is 0 Å². The van der Waals surface area contributed by atoms with E-state index in [0.717, 1.165) is 16.7 Å². The Kier molecular flexibility index (Phi) is 3.96. The molecule has 0 aliphatic rings. The van der Waals surface area contributed by atoms with Gasteiger partial charge < -0.3 is 5.73 Å². The van der Waals surface area contributed by atoms with E-state index in [-0.39, 0.29) is 4.90 Å². The Hall–Kier alpha value is -2.01. The van der Waals surface area contributed by atoms with Gasteiger partial charge in [-0.15, -0.1) is 0 Å². The summed E-state index contributed by atoms with van der Waals surface area (Å²) in [6.45, 7) is 7.38. The third-order valence-corrected chi connectivity index (χ3v) is 5.07. The molecular weight excluding hydrogens is 284 g/mol. The summed E-state index contributed by atoms with van der Waals surface area (Å²) in [6.07, 6.45) is 0. The Balaban J connectivity index is 2.51. The SMILES string of the molecule is Cc1ccc(NS(=O)(=O)c2c(C)ccc(C)c2N)c(C)c1. The number of aryl methyl sites for hydroxylation is 4. The van der Waals surface area contributed by atoms with Crippen LogP contribution in [0.1, 0.15) is 22.3 Å². The van der Waals surface area contributed by atoms with E-state index in [1.54, 1.807) is 26.0 Å². The second-order valence-corrected chi connectivity index (χ2v) is 6.99. The Labute approximate surface area is 126 Å². The molecule has 0 saturated heterocycles. The maximum atomic E-state index is 12.6. The first-order valence-corrected chi connectivity index (χ1v) is 8.16. The third kappa shape index (κ3) is 3.03. The van der Waals surface area contributed by atoms with Crippen LogP contribution < -0.4 is 10.5 Å². The summed E-state index contributed by atoms with van der Waals surface area (Å²) >= 11 is 0. The van der Waals surface area contributed by atoms with Crippen molar-refractivity contribution in [2.75, 3.05) is 10.5 Å². The van der Waals surface area contributed by atoms with Gasteiger partial charge in [0, 0.05) is 0 Å². The lowest BCUT2D eigenvalue weighted by atomic mass is 10.1. The number of nitrogens with two attached hydrogens (primary N) is 1. The monoisotopic (exact) mass is 304 g/mol. The van der Waals surface area contributed by atoms with Gasteiger partial charge in [0.1, 0.15) is 4.90 Å². The molecule has 5 heteroatoms. The number of nitrogen functional groups attached to an aromatic ring is 1. The molecule has 3 N–H and O–H groups in total. The molecule has 0 aromatic heterocycles. The van der Waals surface area contributed by atoms with Gasteiger partial charge in [-0.1, -0.05) is 29.8 Å². The summed E-state index contributed by atoms with van der Waals surface area (Å²) in [6, 6.07) is 9.16. The van der Waals surface area contributed by atoms with Gasteiger partial charge in [0.2, 0.25) is 0 Å². The molecule has 0 saturated carbocycles. The normalized spacial score (nSPS) is 11.4. The van der Waals surface area contributed by atoms with E-state index < -0.39 is 10.0 Å². The fourth-order valence-corrected chi connectivity index (χ4v) is 3.85. The fraction of sp³-hybridized carbons (Fsp3) is 0.250. The van der Waals surface area contributed by atoms with Crippen LogP contribution in [0.2, 0.25) is 0 Å². The van der Waals surface area contributed by atoms with E-state index in [0.29, 0.717) is 16.9 Å². The molecule has 0 unspecified atom stereocenters. The lowest BCUT2D eigenvalue weighted by Gasteiger charge is -2.15. The first-order valence-electron chi connectivity index (χ1n) is 6.68. The van der Waals surface area contributed by atoms with Crippen molar-refractivity contribution in [2.45, 2.75) is 32.6 Å². The molecule has 0 aliphatic heterocycles. The number of hydrogen-bond donors (Lipinski definition) is 2. The first kappa shape index (κ1) is 15.4. The van der Waals surface area contributed by atoms with Crippen molar-refractivity contribution in [3.05, 3.63) is 52.6 Å². The molecule has 0 amide bonds. The van der Waals surface area contributed by atoms with Crippen molar-refractivity contribution in [3.8, 4) is 0 Å². The summed E-state index contributed by atoms with van der Waals surface area (Å²) in [4.78, 5) is 0.155. The number of hydrogen-bond acceptors (Lipinski definition) is 3. The van der Waals surface area contributed by atoms with Gasteiger partial charge >= 0.3 is 0 Å². The maximum absolute atomic E-state index is 12.6. The van der Waals surface area contributed by atoms with E-state index in [1.165, 1.54) is 0 Å². The quantitative estimate of drug-likeness (QED) is 0.855. The topological polar surface area (TPSA) is 72.2 Å². The van der Waals surface area contributed by atoms with Gasteiger partial charge in [0.25, 0.3) is 10.0 Å². The van der Waals surface area contributed by atoms with Crippen LogP contribution >= 0.6 is 0 Å². The summed E-state index contributed by atoms with van der Waals surface area (Å²) in [5.74, 6) is 0. The van der Waals surface area contributed by atoms with E-state index in [4.69, 9.17) is 5.73 Å². The number of benzene rings is 2. The molecule has 0 heterocycles. The highest BCUT2D eigenvalue weighted by atomic mass is 32.2. The molecule has 2 aromatic carbocycles. The van der Waals surface area contributed by atoms with Crippen molar-refractivity contribution in [1.29, 1.82) is 0 Å². The minimum absolute atomic E-state index is 0.155. The van der Waals surface area contributed by atoms with E-state index >= 15 is 0 Å². The molecular formula is C16H20N2O2S. The van der Waals surface area contributed by atoms with Crippen LogP contribution in [0.3, 0.4) is 0 Å².